The van der Waals surface area contributed by atoms with Crippen molar-refractivity contribution in [1.29, 1.82) is 0 Å². The Bertz CT molecular complexity index is 1320. The molecule has 0 spiro atoms. The van der Waals surface area contributed by atoms with E-state index in [0.29, 0.717) is 24.1 Å². The SMILES string of the molecule is CN(C)c1cc(-c2ncco2)c(O)c2c1CC1CC3CC(O)=C(C(N)=O)C(C)(O)C3C(O)=C1C2=O. The number of primary amides is 1. The fourth-order valence-corrected chi connectivity index (χ4v) is 6.27. The Morgan fingerprint density at radius 1 is 1.26 bits per heavy atom. The first-order valence-corrected chi connectivity index (χ1v) is 11.3. The maximum atomic E-state index is 13.9. The molecular formula is C25H27N3O7. The zero-order valence-electron chi connectivity index (χ0n) is 19.6. The summed E-state index contributed by atoms with van der Waals surface area (Å²) in [5.41, 5.74) is 4.79. The van der Waals surface area contributed by atoms with Crippen molar-refractivity contribution in [3.8, 4) is 17.2 Å². The molecule has 1 aromatic carbocycles. The molecule has 0 fully saturated rings. The van der Waals surface area contributed by atoms with Gasteiger partial charge in [0.05, 0.1) is 28.8 Å². The zero-order valence-corrected chi connectivity index (χ0v) is 19.6. The Labute approximate surface area is 201 Å². The summed E-state index contributed by atoms with van der Waals surface area (Å²) in [6, 6.07) is 1.71. The lowest BCUT2D eigenvalue weighted by Crippen LogP contribution is -2.52. The third kappa shape index (κ3) is 3.16. The monoisotopic (exact) mass is 481 g/mol. The molecule has 0 aliphatic heterocycles. The van der Waals surface area contributed by atoms with Crippen LogP contribution in [0.3, 0.4) is 0 Å². The zero-order chi connectivity index (χ0) is 25.4. The first kappa shape index (κ1) is 23.0. The molecule has 4 unspecified atom stereocenters. The number of hydrogen-bond acceptors (Lipinski definition) is 9. The fourth-order valence-electron chi connectivity index (χ4n) is 6.27. The number of amides is 1. The van der Waals surface area contributed by atoms with E-state index in [1.54, 1.807) is 6.07 Å². The number of carbonyl (C=O) groups is 2. The summed E-state index contributed by atoms with van der Waals surface area (Å²) in [6.07, 6.45) is 3.58. The molecule has 5 rings (SSSR count). The second-order valence-corrected chi connectivity index (χ2v) is 9.92. The van der Waals surface area contributed by atoms with Crippen LogP contribution in [0, 0.1) is 17.8 Å². The molecule has 1 aromatic heterocycles. The van der Waals surface area contributed by atoms with Gasteiger partial charge in [-0.05, 0) is 43.2 Å². The number of allylic oxidation sites excluding steroid dienone is 2. The van der Waals surface area contributed by atoms with E-state index in [1.165, 1.54) is 19.4 Å². The molecule has 0 saturated carbocycles. The van der Waals surface area contributed by atoms with Crippen molar-refractivity contribution in [1.82, 2.24) is 4.98 Å². The number of anilines is 1. The number of ketones is 1. The molecule has 35 heavy (non-hydrogen) atoms. The maximum Gasteiger partial charge on any atom is 0.250 e. The van der Waals surface area contributed by atoms with Crippen molar-refractivity contribution >= 4 is 17.4 Å². The van der Waals surface area contributed by atoms with Gasteiger partial charge >= 0.3 is 0 Å². The van der Waals surface area contributed by atoms with Gasteiger partial charge in [-0.25, -0.2) is 4.98 Å². The number of aromatic hydroxyl groups is 1. The molecule has 6 N–H and O–H groups in total. The van der Waals surface area contributed by atoms with Crippen molar-refractivity contribution in [3.05, 3.63) is 52.3 Å². The van der Waals surface area contributed by atoms with E-state index >= 15 is 0 Å². The van der Waals surface area contributed by atoms with Gasteiger partial charge in [-0.3, -0.25) is 9.59 Å². The van der Waals surface area contributed by atoms with Crippen LogP contribution in [0.1, 0.15) is 35.7 Å². The van der Waals surface area contributed by atoms with E-state index in [0.717, 1.165) is 0 Å². The summed E-state index contributed by atoms with van der Waals surface area (Å²) in [4.78, 5) is 31.8. The summed E-state index contributed by atoms with van der Waals surface area (Å²) >= 11 is 0. The minimum Gasteiger partial charge on any atom is -0.512 e. The van der Waals surface area contributed by atoms with Crippen LogP contribution in [0.2, 0.25) is 0 Å². The van der Waals surface area contributed by atoms with Crippen LogP contribution >= 0.6 is 0 Å². The molecule has 4 atom stereocenters. The highest BCUT2D eigenvalue weighted by atomic mass is 16.3. The van der Waals surface area contributed by atoms with Gasteiger partial charge in [0.15, 0.2) is 5.78 Å². The molecule has 10 heteroatoms. The standard InChI is InChI=1S/C25H27N3O7/c1-25(34)18-11(8-15(29)19(25)23(26)33)6-10-7-12-14(28(2)3)9-13(24-27-4-5-35-24)20(30)17(12)21(31)16(10)22(18)32/h4-5,9-11,18,29-30,32,34H,6-8H2,1-3H3,(H2,26,33). The highest BCUT2D eigenvalue weighted by Crippen LogP contribution is 2.55. The number of nitrogens with two attached hydrogens (primary N) is 1. The summed E-state index contributed by atoms with van der Waals surface area (Å²) in [5, 5.41) is 44.2. The van der Waals surface area contributed by atoms with Gasteiger partial charge in [0.1, 0.15) is 29.1 Å². The molecule has 2 aromatic rings. The number of benzene rings is 1. The average Bonchev–Trinajstić information content (AvgIpc) is 3.26. The second-order valence-electron chi connectivity index (χ2n) is 9.92. The smallest absolute Gasteiger partial charge is 0.250 e. The van der Waals surface area contributed by atoms with E-state index in [4.69, 9.17) is 10.2 Å². The molecule has 0 saturated heterocycles. The van der Waals surface area contributed by atoms with Crippen LogP contribution < -0.4 is 10.6 Å². The molecule has 1 amide bonds. The van der Waals surface area contributed by atoms with Crippen molar-refractivity contribution in [2.45, 2.75) is 31.8 Å². The fraction of sp³-hybridized carbons (Fsp3) is 0.400. The Kier molecular flexibility index (Phi) is 4.99. The number of aliphatic hydroxyl groups is 3. The molecule has 0 radical (unpaired) electrons. The third-order valence-electron chi connectivity index (χ3n) is 7.59. The van der Waals surface area contributed by atoms with Crippen molar-refractivity contribution in [2.24, 2.45) is 23.5 Å². The minimum atomic E-state index is -1.97. The van der Waals surface area contributed by atoms with Crippen LogP contribution in [0.25, 0.3) is 11.5 Å². The van der Waals surface area contributed by atoms with Gasteiger partial charge in [0, 0.05) is 31.8 Å². The number of phenolic OH excluding ortho intramolecular Hbond substituents is 1. The lowest BCUT2D eigenvalue weighted by molar-refractivity contribution is -0.119. The van der Waals surface area contributed by atoms with Crippen molar-refractivity contribution in [3.63, 3.8) is 0 Å². The molecule has 0 bridgehead atoms. The average molecular weight is 482 g/mol. The summed E-state index contributed by atoms with van der Waals surface area (Å²) in [5.74, 6) is -4.18. The van der Waals surface area contributed by atoms with Crippen LogP contribution in [-0.2, 0) is 11.2 Å². The van der Waals surface area contributed by atoms with Gasteiger partial charge in [-0.15, -0.1) is 0 Å². The molecule has 10 nitrogen and oxygen atoms in total. The number of aliphatic hydroxyl groups excluding tert-OH is 2. The number of oxazole rings is 1. The van der Waals surface area contributed by atoms with Gasteiger partial charge in [0.2, 0.25) is 5.89 Å². The number of nitrogens with zero attached hydrogens (tertiary/aromatic N) is 2. The summed E-state index contributed by atoms with van der Waals surface area (Å²) < 4.78 is 5.36. The quantitative estimate of drug-likeness (QED) is 0.441. The van der Waals surface area contributed by atoms with Crippen LogP contribution in [-0.4, -0.2) is 56.8 Å². The largest absolute Gasteiger partial charge is 0.512 e. The molecular weight excluding hydrogens is 454 g/mol. The highest BCUT2D eigenvalue weighted by molar-refractivity contribution is 6.15. The predicted molar refractivity (Wildman–Crippen MR) is 125 cm³/mol. The Morgan fingerprint density at radius 2 is 1.97 bits per heavy atom. The van der Waals surface area contributed by atoms with Crippen molar-refractivity contribution in [2.75, 3.05) is 19.0 Å². The van der Waals surface area contributed by atoms with E-state index < -0.39 is 35.0 Å². The van der Waals surface area contributed by atoms with Gasteiger partial charge in [-0.1, -0.05) is 0 Å². The molecule has 3 aliphatic rings. The molecule has 3 aliphatic carbocycles. The minimum absolute atomic E-state index is 0.0445. The number of carbonyl (C=O) groups excluding carboxylic acids is 2. The number of Topliss-reactive ketones (excluding diaryl/α,β-unsaturated/α-hetero) is 1. The normalized spacial score (nSPS) is 27.9. The maximum absolute atomic E-state index is 13.9. The number of rotatable bonds is 3. The number of fused-ring (bicyclic) bond motifs is 3. The number of aromatic nitrogens is 1. The van der Waals surface area contributed by atoms with Crippen LogP contribution in [0.4, 0.5) is 5.69 Å². The van der Waals surface area contributed by atoms with E-state index in [-0.39, 0.29) is 51.9 Å². The van der Waals surface area contributed by atoms with E-state index in [2.05, 4.69) is 4.98 Å². The van der Waals surface area contributed by atoms with Gasteiger partial charge in [0.25, 0.3) is 5.91 Å². The Morgan fingerprint density at radius 3 is 2.57 bits per heavy atom. The first-order valence-electron chi connectivity index (χ1n) is 11.3. The third-order valence-corrected chi connectivity index (χ3v) is 7.59. The Hall–Kier alpha value is -3.79. The predicted octanol–water partition coefficient (Wildman–Crippen LogP) is 2.37. The number of hydrogen-bond donors (Lipinski definition) is 5. The topological polar surface area (TPSA) is 170 Å². The summed E-state index contributed by atoms with van der Waals surface area (Å²) in [7, 11) is 3.64. The second kappa shape index (κ2) is 7.61. The van der Waals surface area contributed by atoms with Gasteiger partial charge in [-0.2, -0.15) is 0 Å². The van der Waals surface area contributed by atoms with Crippen molar-refractivity contribution < 1.29 is 34.4 Å². The first-order chi connectivity index (χ1) is 16.4. The molecule has 1 heterocycles. The number of phenols is 1. The van der Waals surface area contributed by atoms with E-state index in [9.17, 15) is 30.0 Å². The molecule has 184 valence electrons. The van der Waals surface area contributed by atoms with E-state index in [1.807, 2.05) is 19.0 Å². The van der Waals surface area contributed by atoms with Crippen LogP contribution in [0.5, 0.6) is 5.75 Å². The lowest BCUT2D eigenvalue weighted by atomic mass is 9.58. The highest BCUT2D eigenvalue weighted by Gasteiger charge is 2.55. The summed E-state index contributed by atoms with van der Waals surface area (Å²) in [6.45, 7) is 1.31. The Balaban J connectivity index is 1.71. The van der Waals surface area contributed by atoms with Gasteiger partial charge < -0.3 is 35.5 Å². The lowest BCUT2D eigenvalue weighted by Gasteiger charge is -2.48. The van der Waals surface area contributed by atoms with Crippen LogP contribution in [0.15, 0.2) is 45.6 Å².